The van der Waals surface area contributed by atoms with E-state index in [9.17, 15) is 9.59 Å². The van der Waals surface area contributed by atoms with Gasteiger partial charge < -0.3 is 10.1 Å². The number of rotatable bonds is 4. The summed E-state index contributed by atoms with van der Waals surface area (Å²) >= 11 is 11.9. The first-order valence-corrected chi connectivity index (χ1v) is 7.45. The number of anilines is 1. The molecule has 1 amide bonds. The first kappa shape index (κ1) is 17.2. The molecule has 0 atom stereocenters. The van der Waals surface area contributed by atoms with Crippen LogP contribution in [0.3, 0.4) is 0 Å². The van der Waals surface area contributed by atoms with Crippen LogP contribution in [-0.2, 0) is 4.74 Å². The molecule has 1 heterocycles. The summed E-state index contributed by atoms with van der Waals surface area (Å²) in [7, 11) is 0. The molecule has 8 heteroatoms. The van der Waals surface area contributed by atoms with Crippen LogP contribution in [0.4, 0.5) is 5.82 Å². The van der Waals surface area contributed by atoms with E-state index in [1.807, 2.05) is 0 Å². The third-order valence-electron chi connectivity index (χ3n) is 2.82. The topological polar surface area (TPSA) is 81.2 Å². The summed E-state index contributed by atoms with van der Waals surface area (Å²) < 4.78 is 4.94. The molecular weight excluding hydrogens is 341 g/mol. The first-order valence-electron chi connectivity index (χ1n) is 6.69. The van der Waals surface area contributed by atoms with Crippen LogP contribution in [0.25, 0.3) is 0 Å². The SMILES string of the molecule is CCOC(=O)c1cc(Cl)c(Cl)cc1C(=O)Nc1ccnc(C)n1. The van der Waals surface area contributed by atoms with Crippen LogP contribution >= 0.6 is 23.2 Å². The lowest BCUT2D eigenvalue weighted by Crippen LogP contribution is -2.18. The number of amides is 1. The first-order chi connectivity index (χ1) is 10.9. The van der Waals surface area contributed by atoms with Crippen LogP contribution in [0, 0.1) is 6.92 Å². The van der Waals surface area contributed by atoms with E-state index in [-0.39, 0.29) is 27.8 Å². The van der Waals surface area contributed by atoms with Gasteiger partial charge in [0.25, 0.3) is 5.91 Å². The molecular formula is C15H13Cl2N3O3. The molecule has 0 bridgehead atoms. The Morgan fingerprint density at radius 3 is 2.48 bits per heavy atom. The van der Waals surface area contributed by atoms with E-state index in [1.165, 1.54) is 24.4 Å². The molecule has 2 rings (SSSR count). The molecule has 0 saturated carbocycles. The number of hydrogen-bond donors (Lipinski definition) is 1. The third-order valence-corrected chi connectivity index (χ3v) is 3.54. The molecule has 0 radical (unpaired) electrons. The number of aromatic nitrogens is 2. The number of carbonyl (C=O) groups excluding carboxylic acids is 2. The maximum atomic E-state index is 12.4. The van der Waals surface area contributed by atoms with Crippen LogP contribution in [-0.4, -0.2) is 28.5 Å². The zero-order valence-electron chi connectivity index (χ0n) is 12.4. The Morgan fingerprint density at radius 2 is 1.87 bits per heavy atom. The summed E-state index contributed by atoms with van der Waals surface area (Å²) in [5, 5.41) is 2.90. The molecule has 0 unspecified atom stereocenters. The van der Waals surface area contributed by atoms with Crippen molar-refractivity contribution in [3.63, 3.8) is 0 Å². The Hall–Kier alpha value is -2.18. The van der Waals surface area contributed by atoms with Gasteiger partial charge in [0.2, 0.25) is 0 Å². The van der Waals surface area contributed by atoms with Crippen molar-refractivity contribution in [2.45, 2.75) is 13.8 Å². The van der Waals surface area contributed by atoms with E-state index in [0.29, 0.717) is 11.6 Å². The molecule has 1 N–H and O–H groups in total. The Balaban J connectivity index is 2.38. The maximum Gasteiger partial charge on any atom is 0.338 e. The van der Waals surface area contributed by atoms with Crippen LogP contribution in [0.2, 0.25) is 10.0 Å². The number of aryl methyl sites for hydroxylation is 1. The van der Waals surface area contributed by atoms with Crippen LogP contribution in [0.5, 0.6) is 0 Å². The number of halogens is 2. The average molecular weight is 354 g/mol. The van der Waals surface area contributed by atoms with Gasteiger partial charge in [-0.3, -0.25) is 4.79 Å². The van der Waals surface area contributed by atoms with Gasteiger partial charge in [-0.15, -0.1) is 0 Å². The zero-order chi connectivity index (χ0) is 17.0. The predicted octanol–water partition coefficient (Wildman–Crippen LogP) is 3.52. The molecule has 0 saturated heterocycles. The average Bonchev–Trinajstić information content (AvgIpc) is 2.49. The lowest BCUT2D eigenvalue weighted by atomic mass is 10.1. The highest BCUT2D eigenvalue weighted by molar-refractivity contribution is 6.42. The number of ether oxygens (including phenoxy) is 1. The third kappa shape index (κ3) is 4.18. The van der Waals surface area contributed by atoms with Gasteiger partial charge in [0, 0.05) is 6.20 Å². The van der Waals surface area contributed by atoms with Gasteiger partial charge in [-0.25, -0.2) is 14.8 Å². The molecule has 2 aromatic rings. The fourth-order valence-corrected chi connectivity index (χ4v) is 2.15. The molecule has 0 spiro atoms. The lowest BCUT2D eigenvalue weighted by Gasteiger charge is -2.11. The smallest absolute Gasteiger partial charge is 0.338 e. The van der Waals surface area contributed by atoms with E-state index in [1.54, 1.807) is 13.8 Å². The Morgan fingerprint density at radius 1 is 1.22 bits per heavy atom. The van der Waals surface area contributed by atoms with Gasteiger partial charge >= 0.3 is 5.97 Å². The second-order valence-electron chi connectivity index (χ2n) is 4.48. The standard InChI is InChI=1S/C15H13Cl2N3O3/c1-3-23-15(22)10-7-12(17)11(16)6-9(10)14(21)20-13-4-5-18-8(2)19-13/h4-7H,3H2,1-2H3,(H,18,19,20,21). The summed E-state index contributed by atoms with van der Waals surface area (Å²) in [5.41, 5.74) is 0.0821. The Labute approximate surface area is 142 Å². The fraction of sp³-hybridized carbons (Fsp3) is 0.200. The number of benzene rings is 1. The van der Waals surface area contributed by atoms with Crippen molar-refractivity contribution >= 4 is 40.9 Å². The van der Waals surface area contributed by atoms with Crippen molar-refractivity contribution in [3.8, 4) is 0 Å². The second kappa shape index (κ2) is 7.39. The van der Waals surface area contributed by atoms with Crippen LogP contribution < -0.4 is 5.32 Å². The van der Waals surface area contributed by atoms with Gasteiger partial charge in [0.15, 0.2) is 0 Å². The Kier molecular flexibility index (Phi) is 5.52. The van der Waals surface area contributed by atoms with E-state index in [4.69, 9.17) is 27.9 Å². The summed E-state index contributed by atoms with van der Waals surface area (Å²) in [6.07, 6.45) is 1.51. The largest absolute Gasteiger partial charge is 0.462 e. The number of nitrogens with zero attached hydrogens (tertiary/aromatic N) is 2. The molecule has 1 aromatic heterocycles. The monoisotopic (exact) mass is 353 g/mol. The number of carbonyl (C=O) groups is 2. The summed E-state index contributed by atoms with van der Waals surface area (Å²) in [6.45, 7) is 3.53. The van der Waals surface area contributed by atoms with E-state index < -0.39 is 11.9 Å². The number of esters is 1. The van der Waals surface area contributed by atoms with Crippen molar-refractivity contribution < 1.29 is 14.3 Å². The minimum Gasteiger partial charge on any atom is -0.462 e. The minimum atomic E-state index is -0.657. The van der Waals surface area contributed by atoms with Gasteiger partial charge in [-0.05, 0) is 32.0 Å². The van der Waals surface area contributed by atoms with Crippen molar-refractivity contribution in [2.75, 3.05) is 11.9 Å². The van der Waals surface area contributed by atoms with Crippen LogP contribution in [0.15, 0.2) is 24.4 Å². The molecule has 0 aliphatic rings. The predicted molar refractivity (Wildman–Crippen MR) is 87.1 cm³/mol. The van der Waals surface area contributed by atoms with Gasteiger partial charge in [-0.1, -0.05) is 23.2 Å². The van der Waals surface area contributed by atoms with Gasteiger partial charge in [-0.2, -0.15) is 0 Å². The zero-order valence-corrected chi connectivity index (χ0v) is 13.9. The van der Waals surface area contributed by atoms with Crippen LogP contribution in [0.1, 0.15) is 33.5 Å². The molecule has 120 valence electrons. The molecule has 6 nitrogen and oxygen atoms in total. The number of hydrogen-bond acceptors (Lipinski definition) is 5. The summed E-state index contributed by atoms with van der Waals surface area (Å²) in [5.74, 6) is -0.397. The quantitative estimate of drug-likeness (QED) is 0.850. The molecule has 0 fully saturated rings. The van der Waals surface area contributed by atoms with Crippen molar-refractivity contribution in [2.24, 2.45) is 0 Å². The van der Waals surface area contributed by atoms with Crippen molar-refractivity contribution in [1.29, 1.82) is 0 Å². The van der Waals surface area contributed by atoms with Crippen molar-refractivity contribution in [3.05, 3.63) is 51.4 Å². The highest BCUT2D eigenvalue weighted by Gasteiger charge is 2.21. The van der Waals surface area contributed by atoms with Gasteiger partial charge in [0.05, 0.1) is 27.8 Å². The fourth-order valence-electron chi connectivity index (χ4n) is 1.82. The second-order valence-corrected chi connectivity index (χ2v) is 5.29. The molecule has 0 aliphatic carbocycles. The molecule has 1 aromatic carbocycles. The summed E-state index contributed by atoms with van der Waals surface area (Å²) in [6, 6.07) is 4.16. The molecule has 0 aliphatic heterocycles. The lowest BCUT2D eigenvalue weighted by molar-refractivity contribution is 0.0523. The van der Waals surface area contributed by atoms with Gasteiger partial charge in [0.1, 0.15) is 11.6 Å². The maximum absolute atomic E-state index is 12.4. The Bertz CT molecular complexity index is 766. The minimum absolute atomic E-state index is 0.0320. The van der Waals surface area contributed by atoms with Crippen molar-refractivity contribution in [1.82, 2.24) is 9.97 Å². The highest BCUT2D eigenvalue weighted by Crippen LogP contribution is 2.27. The van der Waals surface area contributed by atoms with E-state index in [0.717, 1.165) is 0 Å². The summed E-state index contributed by atoms with van der Waals surface area (Å²) in [4.78, 5) is 32.5. The highest BCUT2D eigenvalue weighted by atomic mass is 35.5. The normalized spacial score (nSPS) is 10.3. The molecule has 23 heavy (non-hydrogen) atoms. The van der Waals surface area contributed by atoms with E-state index in [2.05, 4.69) is 15.3 Å². The number of nitrogens with one attached hydrogen (secondary N) is 1. The van der Waals surface area contributed by atoms with E-state index >= 15 is 0 Å².